The van der Waals surface area contributed by atoms with Crippen molar-refractivity contribution in [3.05, 3.63) is 0 Å². The van der Waals surface area contributed by atoms with Crippen LogP contribution in [0.5, 0.6) is 0 Å². The van der Waals surface area contributed by atoms with Gasteiger partial charge >= 0.3 is 0 Å². The molecule has 0 aromatic heterocycles. The summed E-state index contributed by atoms with van der Waals surface area (Å²) in [4.78, 5) is 14.0. The quantitative estimate of drug-likeness (QED) is 0.663. The lowest BCUT2D eigenvalue weighted by Gasteiger charge is -2.23. The second-order valence-electron chi connectivity index (χ2n) is 4.25. The first-order valence-corrected chi connectivity index (χ1v) is 6.08. The second kappa shape index (κ2) is 6.05. The highest BCUT2D eigenvalue weighted by Crippen LogP contribution is 2.26. The summed E-state index contributed by atoms with van der Waals surface area (Å²) >= 11 is 0. The molecule has 0 aromatic rings. The number of carbonyl (C=O) groups is 1. The van der Waals surface area contributed by atoms with E-state index < -0.39 is 0 Å². The first-order valence-electron chi connectivity index (χ1n) is 6.08. The molecule has 1 saturated carbocycles. The smallest absolute Gasteiger partial charge is 0.225 e. The topological polar surface area (TPSA) is 20.3 Å². The molecule has 82 valence electrons. The maximum absolute atomic E-state index is 12.0. The fourth-order valence-corrected chi connectivity index (χ4v) is 2.20. The number of carbonyl (C=O) groups excluding carboxylic acids is 1. The van der Waals surface area contributed by atoms with Gasteiger partial charge < -0.3 is 4.90 Å². The number of hydrogen-bond acceptors (Lipinski definition) is 1. The van der Waals surface area contributed by atoms with Crippen LogP contribution in [-0.2, 0) is 4.79 Å². The van der Waals surface area contributed by atoms with Gasteiger partial charge in [0.1, 0.15) is 0 Å². The molecule has 1 aliphatic carbocycles. The van der Waals surface area contributed by atoms with E-state index in [4.69, 9.17) is 0 Å². The van der Waals surface area contributed by atoms with E-state index in [0.717, 1.165) is 32.4 Å². The monoisotopic (exact) mass is 197 g/mol. The van der Waals surface area contributed by atoms with Crippen LogP contribution in [0.4, 0.5) is 0 Å². The maximum Gasteiger partial charge on any atom is 0.225 e. The van der Waals surface area contributed by atoms with Crippen molar-refractivity contribution < 1.29 is 4.79 Å². The van der Waals surface area contributed by atoms with Gasteiger partial charge in [0.2, 0.25) is 5.91 Å². The van der Waals surface area contributed by atoms with Crippen LogP contribution in [0.1, 0.15) is 52.4 Å². The van der Waals surface area contributed by atoms with Gasteiger partial charge in [-0.3, -0.25) is 4.79 Å². The molecule has 1 amide bonds. The molecule has 0 atom stereocenters. The molecule has 0 N–H and O–H groups in total. The van der Waals surface area contributed by atoms with Gasteiger partial charge in [0, 0.05) is 19.0 Å². The molecular weight excluding hydrogens is 174 g/mol. The van der Waals surface area contributed by atoms with Gasteiger partial charge in [-0.2, -0.15) is 0 Å². The minimum atomic E-state index is 0.354. The highest BCUT2D eigenvalue weighted by molar-refractivity contribution is 5.79. The molecule has 1 rings (SSSR count). The largest absolute Gasteiger partial charge is 0.343 e. The number of rotatable bonds is 5. The zero-order valence-electron chi connectivity index (χ0n) is 9.59. The number of unbranched alkanes of at least 4 members (excludes halogenated alkanes) is 1. The van der Waals surface area contributed by atoms with Crippen LogP contribution in [0, 0.1) is 5.92 Å². The van der Waals surface area contributed by atoms with Gasteiger partial charge in [-0.1, -0.05) is 26.2 Å². The highest BCUT2D eigenvalue weighted by Gasteiger charge is 2.25. The number of amides is 1. The lowest BCUT2D eigenvalue weighted by molar-refractivity contribution is -0.135. The molecule has 0 bridgehead atoms. The Morgan fingerprint density at radius 1 is 1.29 bits per heavy atom. The lowest BCUT2D eigenvalue weighted by Crippen LogP contribution is -2.35. The Labute approximate surface area is 87.7 Å². The average Bonchev–Trinajstić information content (AvgIpc) is 2.71. The van der Waals surface area contributed by atoms with Crippen LogP contribution < -0.4 is 0 Å². The van der Waals surface area contributed by atoms with Gasteiger partial charge in [0.25, 0.3) is 0 Å². The fourth-order valence-electron chi connectivity index (χ4n) is 2.20. The van der Waals surface area contributed by atoms with Crippen molar-refractivity contribution in [3.63, 3.8) is 0 Å². The first kappa shape index (κ1) is 11.5. The standard InChI is InChI=1S/C12H23NO/c1-3-5-10-13(4-2)12(14)11-8-6-7-9-11/h11H,3-10H2,1-2H3. The van der Waals surface area contributed by atoms with E-state index in [1.54, 1.807) is 0 Å². The van der Waals surface area contributed by atoms with E-state index in [1.165, 1.54) is 19.3 Å². The number of nitrogens with zero attached hydrogens (tertiary/aromatic N) is 1. The predicted molar refractivity (Wildman–Crippen MR) is 59.1 cm³/mol. The predicted octanol–water partition coefficient (Wildman–Crippen LogP) is 2.83. The summed E-state index contributed by atoms with van der Waals surface area (Å²) in [6, 6.07) is 0. The Bertz CT molecular complexity index is 173. The molecule has 14 heavy (non-hydrogen) atoms. The molecule has 2 nitrogen and oxygen atoms in total. The van der Waals surface area contributed by atoms with Gasteiger partial charge in [-0.25, -0.2) is 0 Å². The van der Waals surface area contributed by atoms with Crippen molar-refractivity contribution >= 4 is 5.91 Å². The minimum Gasteiger partial charge on any atom is -0.343 e. The SMILES string of the molecule is CCCCN(CC)C(=O)C1CCCC1. The second-order valence-corrected chi connectivity index (χ2v) is 4.25. The van der Waals surface area contributed by atoms with E-state index >= 15 is 0 Å². The molecule has 0 unspecified atom stereocenters. The number of hydrogen-bond donors (Lipinski definition) is 0. The van der Waals surface area contributed by atoms with Gasteiger partial charge in [0.05, 0.1) is 0 Å². The van der Waals surface area contributed by atoms with Crippen LogP contribution in [-0.4, -0.2) is 23.9 Å². The lowest BCUT2D eigenvalue weighted by atomic mass is 10.1. The van der Waals surface area contributed by atoms with Gasteiger partial charge in [0.15, 0.2) is 0 Å². The molecule has 0 radical (unpaired) electrons. The molecule has 0 aliphatic heterocycles. The Hall–Kier alpha value is -0.530. The van der Waals surface area contributed by atoms with Crippen LogP contribution in [0.2, 0.25) is 0 Å². The van der Waals surface area contributed by atoms with E-state index in [2.05, 4.69) is 13.8 Å². The van der Waals surface area contributed by atoms with Crippen molar-refractivity contribution in [1.82, 2.24) is 4.90 Å². The third-order valence-electron chi connectivity index (χ3n) is 3.18. The van der Waals surface area contributed by atoms with Crippen molar-refractivity contribution in [2.24, 2.45) is 5.92 Å². The average molecular weight is 197 g/mol. The fraction of sp³-hybridized carbons (Fsp3) is 0.917. The van der Waals surface area contributed by atoms with Crippen LogP contribution in [0.15, 0.2) is 0 Å². The van der Waals surface area contributed by atoms with E-state index in [1.807, 2.05) is 4.90 Å². The van der Waals surface area contributed by atoms with Crippen molar-refractivity contribution in [1.29, 1.82) is 0 Å². The summed E-state index contributed by atoms with van der Waals surface area (Å²) in [5.74, 6) is 0.769. The minimum absolute atomic E-state index is 0.354. The zero-order chi connectivity index (χ0) is 10.4. The molecule has 0 aromatic carbocycles. The van der Waals surface area contributed by atoms with Crippen LogP contribution in [0.25, 0.3) is 0 Å². The molecule has 0 spiro atoms. The molecule has 2 heteroatoms. The third-order valence-corrected chi connectivity index (χ3v) is 3.18. The van der Waals surface area contributed by atoms with Gasteiger partial charge in [-0.15, -0.1) is 0 Å². The van der Waals surface area contributed by atoms with Crippen LogP contribution >= 0.6 is 0 Å². The Morgan fingerprint density at radius 3 is 2.43 bits per heavy atom. The molecule has 0 saturated heterocycles. The van der Waals surface area contributed by atoms with E-state index in [0.29, 0.717) is 11.8 Å². The van der Waals surface area contributed by atoms with E-state index in [-0.39, 0.29) is 0 Å². The molecule has 1 fully saturated rings. The summed E-state index contributed by atoms with van der Waals surface area (Å²) in [5.41, 5.74) is 0. The van der Waals surface area contributed by atoms with Crippen molar-refractivity contribution in [2.75, 3.05) is 13.1 Å². The Balaban J connectivity index is 2.37. The molecule has 1 aliphatic rings. The Kier molecular flexibility index (Phi) is 4.99. The summed E-state index contributed by atoms with van der Waals surface area (Å²) in [6.45, 7) is 6.11. The molecular formula is C12H23NO. The normalized spacial score (nSPS) is 17.3. The van der Waals surface area contributed by atoms with Crippen LogP contribution in [0.3, 0.4) is 0 Å². The van der Waals surface area contributed by atoms with Crippen molar-refractivity contribution in [2.45, 2.75) is 52.4 Å². The van der Waals surface area contributed by atoms with Gasteiger partial charge in [-0.05, 0) is 26.2 Å². The summed E-state index contributed by atoms with van der Waals surface area (Å²) in [7, 11) is 0. The highest BCUT2D eigenvalue weighted by atomic mass is 16.2. The first-order chi connectivity index (χ1) is 6.79. The third kappa shape index (κ3) is 3.00. The summed E-state index contributed by atoms with van der Waals surface area (Å²) < 4.78 is 0. The van der Waals surface area contributed by atoms with E-state index in [9.17, 15) is 4.79 Å². The van der Waals surface area contributed by atoms with Crippen molar-refractivity contribution in [3.8, 4) is 0 Å². The summed E-state index contributed by atoms with van der Waals surface area (Å²) in [6.07, 6.45) is 7.08. The zero-order valence-corrected chi connectivity index (χ0v) is 9.59. The maximum atomic E-state index is 12.0. The molecule has 0 heterocycles. The summed E-state index contributed by atoms with van der Waals surface area (Å²) in [5, 5.41) is 0. The Morgan fingerprint density at radius 2 is 1.93 bits per heavy atom.